The summed E-state index contributed by atoms with van der Waals surface area (Å²) in [7, 11) is 0. The smallest absolute Gasteiger partial charge is 0.305 e. The number of aliphatic carboxylic acids is 1. The minimum Gasteiger partial charge on any atom is -0.507 e. The molecule has 3 aromatic rings. The fraction of sp³-hybridized carbons (Fsp3) is 0.324. The Morgan fingerprint density at radius 1 is 1.02 bits per heavy atom. The average molecular weight is 631 g/mol. The number of nitrogens with zero attached hydrogens (tertiary/aromatic N) is 2. The highest BCUT2D eigenvalue weighted by molar-refractivity contribution is 6.31. The second-order valence-electron chi connectivity index (χ2n) is 12.5. The van der Waals surface area contributed by atoms with E-state index in [1.54, 1.807) is 25.1 Å². The van der Waals surface area contributed by atoms with Gasteiger partial charge in [0.25, 0.3) is 0 Å². The first-order chi connectivity index (χ1) is 21.4. The Kier molecular flexibility index (Phi) is 6.63. The molecule has 230 valence electrons. The van der Waals surface area contributed by atoms with Crippen LogP contribution in [-0.2, 0) is 24.0 Å². The van der Waals surface area contributed by atoms with Crippen LogP contribution < -0.4 is 4.90 Å². The van der Waals surface area contributed by atoms with Crippen molar-refractivity contribution in [2.45, 2.75) is 32.1 Å². The van der Waals surface area contributed by atoms with Gasteiger partial charge in [0.1, 0.15) is 11.6 Å². The van der Waals surface area contributed by atoms with E-state index in [-0.39, 0.29) is 35.8 Å². The second kappa shape index (κ2) is 10.2. The lowest BCUT2D eigenvalue weighted by atomic mass is 9.51. The monoisotopic (exact) mass is 630 g/mol. The standard InChI is InChI=1S/C34H28ClFN2O7/c1-34-23(31(43)38(33(34)45)17-7-11-25(36)24(35)14-17)15-22-19(28(34)21-8-6-16-4-2-3-5-18(16)29(21)41)9-10-20-27(22)32(44)37(30(20)42)13-12-26(39)40/h2-9,11,14,20,22-23,27-28,41H,10,12-13,15H2,1H3,(H,39,40)/t20-,22+,23-,27-,28+,34+/m0/s1. The summed E-state index contributed by atoms with van der Waals surface area (Å²) in [6.07, 6.45) is 1.73. The summed E-state index contributed by atoms with van der Waals surface area (Å²) in [5.41, 5.74) is -0.214. The Morgan fingerprint density at radius 2 is 1.78 bits per heavy atom. The van der Waals surface area contributed by atoms with E-state index in [0.29, 0.717) is 16.5 Å². The Bertz CT molecular complexity index is 1890. The molecule has 3 fully saturated rings. The van der Waals surface area contributed by atoms with Crippen LogP contribution in [0, 0.1) is 34.9 Å². The molecule has 11 heteroatoms. The second-order valence-corrected chi connectivity index (χ2v) is 12.9. The molecule has 3 aromatic carbocycles. The number of benzene rings is 3. The summed E-state index contributed by atoms with van der Waals surface area (Å²) in [4.78, 5) is 69.2. The average Bonchev–Trinajstić information content (AvgIpc) is 3.37. The molecule has 2 aliphatic carbocycles. The highest BCUT2D eigenvalue weighted by Crippen LogP contribution is 2.64. The topological polar surface area (TPSA) is 132 Å². The number of likely N-dealkylation sites (tertiary alicyclic amines) is 1. The molecule has 45 heavy (non-hydrogen) atoms. The van der Waals surface area contributed by atoms with E-state index >= 15 is 0 Å². The molecule has 1 saturated carbocycles. The molecular weight excluding hydrogens is 603 g/mol. The lowest BCUT2D eigenvalue weighted by Crippen LogP contribution is -2.49. The zero-order valence-corrected chi connectivity index (χ0v) is 24.8. The zero-order valence-electron chi connectivity index (χ0n) is 24.1. The van der Waals surface area contributed by atoms with Gasteiger partial charge in [0.2, 0.25) is 23.6 Å². The van der Waals surface area contributed by atoms with Gasteiger partial charge in [-0.1, -0.05) is 59.6 Å². The molecule has 7 rings (SSSR count). The number of rotatable bonds is 5. The quantitative estimate of drug-likeness (QED) is 0.298. The van der Waals surface area contributed by atoms with Gasteiger partial charge in [-0.3, -0.25) is 28.9 Å². The molecule has 9 nitrogen and oxygen atoms in total. The van der Waals surface area contributed by atoms with Crippen LogP contribution in [0.5, 0.6) is 5.75 Å². The van der Waals surface area contributed by atoms with Crippen LogP contribution >= 0.6 is 11.6 Å². The van der Waals surface area contributed by atoms with E-state index in [1.165, 1.54) is 12.1 Å². The number of hydrogen-bond acceptors (Lipinski definition) is 6. The van der Waals surface area contributed by atoms with Gasteiger partial charge in [-0.2, -0.15) is 0 Å². The van der Waals surface area contributed by atoms with E-state index in [4.69, 9.17) is 11.6 Å². The minimum absolute atomic E-state index is 0.0535. The van der Waals surface area contributed by atoms with Gasteiger partial charge in [0.05, 0.1) is 40.3 Å². The van der Waals surface area contributed by atoms with Gasteiger partial charge in [0, 0.05) is 23.4 Å². The third-order valence-electron chi connectivity index (χ3n) is 10.3. The first-order valence-corrected chi connectivity index (χ1v) is 15.1. The highest BCUT2D eigenvalue weighted by atomic mass is 35.5. The molecule has 4 amide bonds. The number of phenolic OH excluding ortho intramolecular Hbond substituents is 1. The number of carbonyl (C=O) groups excluding carboxylic acids is 4. The zero-order chi connectivity index (χ0) is 31.9. The SMILES string of the molecule is C[C@@]12C(=O)N(c3ccc(F)c(Cl)c3)C(=O)[C@@H]1C[C@@H]1C(=CC[C@@H]3C(=O)N(CCC(=O)O)C(=O)[C@@H]31)[C@@H]2c1ccc2ccccc2c1O. The molecule has 2 saturated heterocycles. The van der Waals surface area contributed by atoms with Gasteiger partial charge in [-0.25, -0.2) is 9.29 Å². The number of aromatic hydroxyl groups is 1. The third kappa shape index (κ3) is 4.08. The van der Waals surface area contributed by atoms with Crippen molar-refractivity contribution in [2.75, 3.05) is 11.4 Å². The molecule has 0 unspecified atom stereocenters. The van der Waals surface area contributed by atoms with Gasteiger partial charge < -0.3 is 10.2 Å². The molecule has 0 bridgehead atoms. The van der Waals surface area contributed by atoms with Crippen LogP contribution in [0.3, 0.4) is 0 Å². The number of carboxylic acids is 1. The molecule has 6 atom stereocenters. The molecule has 2 N–H and O–H groups in total. The summed E-state index contributed by atoms with van der Waals surface area (Å²) >= 11 is 6.05. The van der Waals surface area contributed by atoms with E-state index in [2.05, 4.69) is 0 Å². The summed E-state index contributed by atoms with van der Waals surface area (Å²) < 4.78 is 14.1. The van der Waals surface area contributed by atoms with E-state index in [0.717, 1.165) is 21.3 Å². The van der Waals surface area contributed by atoms with Crippen LogP contribution in [0.4, 0.5) is 10.1 Å². The Balaban J connectivity index is 1.40. The Morgan fingerprint density at radius 3 is 2.51 bits per heavy atom. The van der Waals surface area contributed by atoms with Crippen LogP contribution in [-0.4, -0.2) is 51.3 Å². The number of carbonyl (C=O) groups is 5. The molecular formula is C34H28ClFN2O7. The number of imide groups is 2. The van der Waals surface area contributed by atoms with Gasteiger partial charge >= 0.3 is 5.97 Å². The van der Waals surface area contributed by atoms with Crippen molar-refractivity contribution < 1.29 is 38.6 Å². The summed E-state index contributed by atoms with van der Waals surface area (Å²) in [6.45, 7) is 1.43. The number of hydrogen-bond donors (Lipinski definition) is 2. The predicted octanol–water partition coefficient (Wildman–Crippen LogP) is 5.04. The van der Waals surface area contributed by atoms with Gasteiger partial charge in [-0.15, -0.1) is 0 Å². The van der Waals surface area contributed by atoms with Crippen molar-refractivity contribution in [3.8, 4) is 5.75 Å². The van der Waals surface area contributed by atoms with Crippen LogP contribution in [0.1, 0.15) is 37.7 Å². The molecule has 0 spiro atoms. The fourth-order valence-corrected chi connectivity index (χ4v) is 8.40. The maximum atomic E-state index is 14.5. The van der Waals surface area contributed by atoms with Crippen LogP contribution in [0.15, 0.2) is 66.2 Å². The number of carboxylic acid groups (broad SMARTS) is 1. The molecule has 2 aliphatic heterocycles. The molecule has 4 aliphatic rings. The Hall–Kier alpha value is -4.57. The summed E-state index contributed by atoms with van der Waals surface area (Å²) in [5.74, 6) is -7.94. The maximum Gasteiger partial charge on any atom is 0.305 e. The number of halogens is 2. The fourth-order valence-electron chi connectivity index (χ4n) is 8.23. The maximum absolute atomic E-state index is 14.5. The number of allylic oxidation sites excluding steroid dienone is 2. The first kappa shape index (κ1) is 29.2. The van der Waals surface area contributed by atoms with Crippen LogP contribution in [0.25, 0.3) is 10.8 Å². The van der Waals surface area contributed by atoms with Crippen molar-refractivity contribution in [1.82, 2.24) is 4.90 Å². The lowest BCUT2D eigenvalue weighted by Gasteiger charge is -2.49. The number of anilines is 1. The minimum atomic E-state index is -1.41. The molecule has 0 radical (unpaired) electrons. The lowest BCUT2D eigenvalue weighted by molar-refractivity contribution is -0.142. The first-order valence-electron chi connectivity index (χ1n) is 14.8. The third-order valence-corrected chi connectivity index (χ3v) is 10.6. The number of fused-ring (bicyclic) bond motifs is 5. The molecule has 0 aromatic heterocycles. The highest BCUT2D eigenvalue weighted by Gasteiger charge is 2.68. The molecule has 2 heterocycles. The van der Waals surface area contributed by atoms with Gasteiger partial charge in [-0.05, 0) is 49.3 Å². The van der Waals surface area contributed by atoms with E-state index < -0.39 is 76.8 Å². The number of phenols is 1. The van der Waals surface area contributed by atoms with E-state index in [1.807, 2.05) is 24.3 Å². The normalized spacial score (nSPS) is 29.1. The van der Waals surface area contributed by atoms with E-state index in [9.17, 15) is 38.6 Å². The largest absolute Gasteiger partial charge is 0.507 e. The van der Waals surface area contributed by atoms with Crippen molar-refractivity contribution in [2.24, 2.45) is 29.1 Å². The Labute approximate surface area is 261 Å². The van der Waals surface area contributed by atoms with Crippen molar-refractivity contribution in [3.05, 3.63) is 82.6 Å². The predicted molar refractivity (Wildman–Crippen MR) is 161 cm³/mol. The van der Waals surface area contributed by atoms with Gasteiger partial charge in [0.15, 0.2) is 0 Å². The van der Waals surface area contributed by atoms with Crippen molar-refractivity contribution in [3.63, 3.8) is 0 Å². The summed E-state index contributed by atoms with van der Waals surface area (Å²) in [6, 6.07) is 14.4. The van der Waals surface area contributed by atoms with Crippen LogP contribution in [0.2, 0.25) is 5.02 Å². The number of amides is 4. The van der Waals surface area contributed by atoms with Crippen molar-refractivity contribution in [1.29, 1.82) is 0 Å². The van der Waals surface area contributed by atoms with Crippen molar-refractivity contribution >= 4 is 57.7 Å². The summed E-state index contributed by atoms with van der Waals surface area (Å²) in [5, 5.41) is 22.0.